The summed E-state index contributed by atoms with van der Waals surface area (Å²) in [5, 5.41) is 0.773. The Bertz CT molecular complexity index is 517. The van der Waals surface area contributed by atoms with Crippen molar-refractivity contribution in [1.29, 1.82) is 0 Å². The van der Waals surface area contributed by atoms with Crippen LogP contribution in [0, 0.1) is 0 Å². The van der Waals surface area contributed by atoms with E-state index in [2.05, 4.69) is 15.9 Å². The van der Waals surface area contributed by atoms with E-state index in [0.29, 0.717) is 6.54 Å². The maximum absolute atomic E-state index is 6.00. The van der Waals surface area contributed by atoms with Crippen LogP contribution in [0.15, 0.2) is 57.8 Å². The summed E-state index contributed by atoms with van der Waals surface area (Å²) < 4.78 is 6.63. The Morgan fingerprint density at radius 2 is 2.00 bits per heavy atom. The molecule has 0 fully saturated rings. The van der Waals surface area contributed by atoms with E-state index in [1.165, 1.54) is 0 Å². The van der Waals surface area contributed by atoms with Gasteiger partial charge in [-0.25, -0.2) is 0 Å². The average Bonchev–Trinajstić information content (AvgIpc) is 2.52. The second-order valence-electron chi connectivity index (χ2n) is 3.86. The van der Waals surface area contributed by atoms with Crippen LogP contribution < -0.4 is 10.5 Å². The van der Waals surface area contributed by atoms with Crippen LogP contribution in [0.2, 0.25) is 0 Å². The second kappa shape index (κ2) is 6.23. The van der Waals surface area contributed by atoms with Crippen molar-refractivity contribution in [2.24, 2.45) is 5.73 Å². The highest BCUT2D eigenvalue weighted by atomic mass is 79.9. The van der Waals surface area contributed by atoms with E-state index >= 15 is 0 Å². The molecule has 0 saturated heterocycles. The fraction of sp³-hybridized carbons (Fsp3) is 0.143. The molecule has 0 amide bonds. The molecule has 18 heavy (non-hydrogen) atoms. The van der Waals surface area contributed by atoms with Gasteiger partial charge in [0.1, 0.15) is 11.5 Å². The molecular weight excluding hydrogens is 314 g/mol. The van der Waals surface area contributed by atoms with Gasteiger partial charge >= 0.3 is 0 Å². The van der Waals surface area contributed by atoms with Crippen molar-refractivity contribution in [2.45, 2.75) is 13.0 Å². The topological polar surface area (TPSA) is 35.2 Å². The lowest BCUT2D eigenvalue weighted by molar-refractivity contribution is 0.443. The van der Waals surface area contributed by atoms with Gasteiger partial charge in [0.2, 0.25) is 0 Å². The van der Waals surface area contributed by atoms with Crippen LogP contribution in [0.5, 0.6) is 5.75 Å². The summed E-state index contributed by atoms with van der Waals surface area (Å²) in [6.45, 7) is 0.533. The van der Waals surface area contributed by atoms with E-state index in [4.69, 9.17) is 22.1 Å². The number of hydrogen-bond acceptors (Lipinski definition) is 2. The molecule has 0 aromatic heterocycles. The molecule has 0 radical (unpaired) electrons. The zero-order valence-electron chi connectivity index (χ0n) is 9.70. The summed E-state index contributed by atoms with van der Waals surface area (Å²) in [7, 11) is 0. The van der Waals surface area contributed by atoms with Crippen molar-refractivity contribution in [2.75, 3.05) is 0 Å². The molecule has 2 nitrogen and oxygen atoms in total. The summed E-state index contributed by atoms with van der Waals surface area (Å²) in [6.07, 6.45) is 6.45. The summed E-state index contributed by atoms with van der Waals surface area (Å²) in [4.78, 5) is 0. The van der Waals surface area contributed by atoms with Crippen LogP contribution in [0.3, 0.4) is 0 Å². The predicted molar refractivity (Wildman–Crippen MR) is 78.6 cm³/mol. The average molecular weight is 327 g/mol. The predicted octanol–water partition coefficient (Wildman–Crippen LogP) is 4.21. The van der Waals surface area contributed by atoms with Gasteiger partial charge in [0.05, 0.1) is 4.48 Å². The van der Waals surface area contributed by atoms with Crippen molar-refractivity contribution in [1.82, 2.24) is 0 Å². The van der Waals surface area contributed by atoms with E-state index in [-0.39, 0.29) is 0 Å². The van der Waals surface area contributed by atoms with Crippen molar-refractivity contribution >= 4 is 27.5 Å². The highest BCUT2D eigenvalue weighted by Gasteiger charge is 2.06. The van der Waals surface area contributed by atoms with Crippen molar-refractivity contribution in [3.8, 4) is 5.75 Å². The maximum Gasteiger partial charge on any atom is 0.141 e. The minimum atomic E-state index is 0.533. The first-order valence-electron chi connectivity index (χ1n) is 5.58. The molecule has 94 valence electrons. The van der Waals surface area contributed by atoms with E-state index in [0.717, 1.165) is 33.0 Å². The van der Waals surface area contributed by atoms with Crippen LogP contribution >= 0.6 is 27.5 Å². The molecule has 2 rings (SSSR count). The molecule has 1 aromatic rings. The van der Waals surface area contributed by atoms with Crippen LogP contribution in [-0.2, 0) is 6.54 Å². The van der Waals surface area contributed by atoms with Crippen LogP contribution in [-0.4, -0.2) is 0 Å². The van der Waals surface area contributed by atoms with Crippen molar-refractivity contribution in [3.05, 3.63) is 63.3 Å². The van der Waals surface area contributed by atoms with Crippen LogP contribution in [0.25, 0.3) is 0 Å². The minimum absolute atomic E-state index is 0.533. The molecule has 1 aliphatic carbocycles. The number of allylic oxidation sites excluding steroid dienone is 5. The zero-order valence-corrected chi connectivity index (χ0v) is 12.0. The van der Waals surface area contributed by atoms with E-state index in [9.17, 15) is 0 Å². The molecular formula is C14H13BrClNO. The molecule has 0 aliphatic heterocycles. The van der Waals surface area contributed by atoms with Crippen molar-refractivity contribution < 1.29 is 4.74 Å². The number of halogens is 2. The first kappa shape index (κ1) is 13.4. The molecule has 0 saturated carbocycles. The van der Waals surface area contributed by atoms with Gasteiger partial charge in [0.15, 0.2) is 0 Å². The first-order valence-corrected chi connectivity index (χ1v) is 6.75. The third-order valence-corrected chi connectivity index (χ3v) is 3.37. The molecule has 0 atom stereocenters. The fourth-order valence-electron chi connectivity index (χ4n) is 1.53. The van der Waals surface area contributed by atoms with E-state index in [1.807, 2.05) is 42.5 Å². The largest absolute Gasteiger partial charge is 0.456 e. The summed E-state index contributed by atoms with van der Waals surface area (Å²) in [6, 6.07) is 7.71. The number of rotatable bonds is 3. The van der Waals surface area contributed by atoms with E-state index in [1.54, 1.807) is 0 Å². The van der Waals surface area contributed by atoms with Gasteiger partial charge in [-0.3, -0.25) is 0 Å². The van der Waals surface area contributed by atoms with Gasteiger partial charge in [0, 0.05) is 18.0 Å². The third kappa shape index (κ3) is 3.48. The van der Waals surface area contributed by atoms with Crippen molar-refractivity contribution in [3.63, 3.8) is 0 Å². The number of ether oxygens (including phenoxy) is 1. The Kier molecular flexibility index (Phi) is 4.64. The van der Waals surface area contributed by atoms with Gasteiger partial charge in [-0.1, -0.05) is 29.8 Å². The number of nitrogens with two attached hydrogens (primary N) is 1. The highest BCUT2D eigenvalue weighted by Crippen LogP contribution is 2.26. The standard InChI is InChI=1S/C14H13BrClNO/c15-13-8-11(16)2-1-3-14(13)18-12-6-4-10(9-17)5-7-12/h1,3-8H,2,9,17H2. The summed E-state index contributed by atoms with van der Waals surface area (Å²) >= 11 is 9.45. The quantitative estimate of drug-likeness (QED) is 0.903. The zero-order chi connectivity index (χ0) is 13.0. The molecule has 2 N–H and O–H groups in total. The fourth-order valence-corrected chi connectivity index (χ4v) is 2.35. The smallest absolute Gasteiger partial charge is 0.141 e. The molecule has 0 unspecified atom stereocenters. The molecule has 1 aromatic carbocycles. The van der Waals surface area contributed by atoms with Gasteiger partial charge in [-0.2, -0.15) is 0 Å². The second-order valence-corrected chi connectivity index (χ2v) is 5.20. The molecule has 0 spiro atoms. The lowest BCUT2D eigenvalue weighted by Gasteiger charge is -2.08. The Balaban J connectivity index is 2.19. The minimum Gasteiger partial charge on any atom is -0.456 e. The molecule has 0 heterocycles. The van der Waals surface area contributed by atoms with Gasteiger partial charge < -0.3 is 10.5 Å². The van der Waals surface area contributed by atoms with Gasteiger partial charge in [0.25, 0.3) is 0 Å². The van der Waals surface area contributed by atoms with E-state index < -0.39 is 0 Å². The first-order chi connectivity index (χ1) is 8.69. The maximum atomic E-state index is 6.00. The summed E-state index contributed by atoms with van der Waals surface area (Å²) in [5.41, 5.74) is 6.63. The Hall–Kier alpha value is -1.03. The lowest BCUT2D eigenvalue weighted by atomic mass is 10.2. The number of benzene rings is 1. The monoisotopic (exact) mass is 325 g/mol. The molecule has 1 aliphatic rings. The van der Waals surface area contributed by atoms with Crippen LogP contribution in [0.4, 0.5) is 0 Å². The normalized spacial score (nSPS) is 15.4. The Labute approximate surface area is 120 Å². The lowest BCUT2D eigenvalue weighted by Crippen LogP contribution is -1.97. The SMILES string of the molecule is NCc1ccc(OC2=C(Br)C=C(Cl)CC=C2)cc1. The Morgan fingerprint density at radius 3 is 2.67 bits per heavy atom. The molecule has 0 bridgehead atoms. The third-order valence-electron chi connectivity index (χ3n) is 2.49. The number of hydrogen-bond donors (Lipinski definition) is 1. The van der Waals surface area contributed by atoms with Gasteiger partial charge in [-0.05, 0) is 45.8 Å². The Morgan fingerprint density at radius 1 is 1.28 bits per heavy atom. The van der Waals surface area contributed by atoms with Gasteiger partial charge in [-0.15, -0.1) is 0 Å². The summed E-state index contributed by atoms with van der Waals surface area (Å²) in [5.74, 6) is 1.52. The van der Waals surface area contributed by atoms with Crippen LogP contribution in [0.1, 0.15) is 12.0 Å². The highest BCUT2D eigenvalue weighted by molar-refractivity contribution is 9.11. The molecule has 4 heteroatoms.